The highest BCUT2D eigenvalue weighted by atomic mass is 16.2. The Balaban J connectivity index is 2.48. The van der Waals surface area contributed by atoms with Crippen molar-refractivity contribution in [2.45, 2.75) is 6.42 Å². The molecule has 0 aliphatic heterocycles. The molecule has 2 aliphatic carbocycles. The van der Waals surface area contributed by atoms with E-state index < -0.39 is 11.8 Å². The fourth-order valence-corrected chi connectivity index (χ4v) is 2.16. The van der Waals surface area contributed by atoms with Crippen LogP contribution in [0.3, 0.4) is 0 Å². The van der Waals surface area contributed by atoms with Gasteiger partial charge in [-0.15, -0.1) is 0 Å². The van der Waals surface area contributed by atoms with Crippen molar-refractivity contribution in [1.29, 1.82) is 0 Å². The average Bonchev–Trinajstić information content (AvgIpc) is 2.60. The lowest BCUT2D eigenvalue weighted by Gasteiger charge is -2.09. The number of carbonyl (C=O) groups is 2. The summed E-state index contributed by atoms with van der Waals surface area (Å²) in [5.74, 6) is -1.01. The second-order valence-corrected chi connectivity index (χ2v) is 3.39. The quantitative estimate of drug-likeness (QED) is 0.556. The molecule has 0 saturated carbocycles. The third-order valence-electron chi connectivity index (χ3n) is 2.65. The topological polar surface area (TPSA) is 86.2 Å². The molecule has 2 bridgehead atoms. The van der Waals surface area contributed by atoms with Gasteiger partial charge in [-0.1, -0.05) is 12.2 Å². The van der Waals surface area contributed by atoms with Crippen LogP contribution >= 0.6 is 0 Å². The van der Waals surface area contributed by atoms with E-state index >= 15 is 0 Å². The second-order valence-electron chi connectivity index (χ2n) is 3.39. The first-order valence-corrected chi connectivity index (χ1v) is 4.13. The molecule has 13 heavy (non-hydrogen) atoms. The zero-order chi connectivity index (χ0) is 9.59. The Kier molecular flexibility index (Phi) is 1.52. The average molecular weight is 178 g/mol. The summed E-state index contributed by atoms with van der Waals surface area (Å²) in [4.78, 5) is 22.1. The standard InChI is InChI=1S/C9H10N2O2/c10-8(12)6-4-1-2-5(3-4)7(6)9(11)13/h1-2,4-5H,3H2,(H2,10,12)(H2,11,13). The van der Waals surface area contributed by atoms with Crippen molar-refractivity contribution >= 4 is 11.8 Å². The molecule has 4 nitrogen and oxygen atoms in total. The van der Waals surface area contributed by atoms with Crippen molar-refractivity contribution in [3.8, 4) is 0 Å². The lowest BCUT2D eigenvalue weighted by Crippen LogP contribution is -2.25. The molecular formula is C9H10N2O2. The molecule has 0 heterocycles. The smallest absolute Gasteiger partial charge is 0.245 e. The number of nitrogens with two attached hydrogens (primary N) is 2. The van der Waals surface area contributed by atoms with E-state index in [1.165, 1.54) is 0 Å². The van der Waals surface area contributed by atoms with Gasteiger partial charge in [0, 0.05) is 23.0 Å². The van der Waals surface area contributed by atoms with Crippen LogP contribution in [-0.2, 0) is 9.59 Å². The summed E-state index contributed by atoms with van der Waals surface area (Å²) in [7, 11) is 0. The van der Waals surface area contributed by atoms with Crippen molar-refractivity contribution < 1.29 is 9.59 Å². The van der Waals surface area contributed by atoms with Crippen molar-refractivity contribution in [1.82, 2.24) is 0 Å². The van der Waals surface area contributed by atoms with Crippen molar-refractivity contribution in [3.05, 3.63) is 23.3 Å². The van der Waals surface area contributed by atoms with Crippen LogP contribution in [0.1, 0.15) is 6.42 Å². The van der Waals surface area contributed by atoms with E-state index in [4.69, 9.17) is 11.5 Å². The molecule has 0 spiro atoms. The van der Waals surface area contributed by atoms with Crippen LogP contribution in [0.25, 0.3) is 0 Å². The summed E-state index contributed by atoms with van der Waals surface area (Å²) < 4.78 is 0. The summed E-state index contributed by atoms with van der Waals surface area (Å²) in [6.07, 6.45) is 4.60. The summed E-state index contributed by atoms with van der Waals surface area (Å²) in [5.41, 5.74) is 11.2. The molecule has 0 radical (unpaired) electrons. The van der Waals surface area contributed by atoms with E-state index in [0.717, 1.165) is 6.42 Å². The zero-order valence-corrected chi connectivity index (χ0v) is 6.99. The predicted molar refractivity (Wildman–Crippen MR) is 46.2 cm³/mol. The van der Waals surface area contributed by atoms with Crippen LogP contribution in [0.4, 0.5) is 0 Å². The maximum atomic E-state index is 11.0. The van der Waals surface area contributed by atoms with Gasteiger partial charge < -0.3 is 11.5 Å². The number of primary amides is 2. The van der Waals surface area contributed by atoms with Gasteiger partial charge in [0.15, 0.2) is 0 Å². The molecule has 4 heteroatoms. The maximum Gasteiger partial charge on any atom is 0.245 e. The van der Waals surface area contributed by atoms with Crippen LogP contribution in [-0.4, -0.2) is 11.8 Å². The van der Waals surface area contributed by atoms with Crippen LogP contribution < -0.4 is 11.5 Å². The molecule has 2 amide bonds. The molecule has 2 rings (SSSR count). The summed E-state index contributed by atoms with van der Waals surface area (Å²) in [6, 6.07) is 0. The van der Waals surface area contributed by atoms with Gasteiger partial charge in [0.05, 0.1) is 0 Å². The summed E-state index contributed by atoms with van der Waals surface area (Å²) in [6.45, 7) is 0. The van der Waals surface area contributed by atoms with E-state index in [2.05, 4.69) is 0 Å². The molecule has 4 N–H and O–H groups in total. The lowest BCUT2D eigenvalue weighted by atomic mass is 9.96. The van der Waals surface area contributed by atoms with E-state index in [-0.39, 0.29) is 11.8 Å². The summed E-state index contributed by atoms with van der Waals surface area (Å²) in [5, 5.41) is 0. The van der Waals surface area contributed by atoms with Crippen LogP contribution in [0, 0.1) is 11.8 Å². The van der Waals surface area contributed by atoms with Crippen LogP contribution in [0.5, 0.6) is 0 Å². The number of fused-ring (bicyclic) bond motifs is 2. The van der Waals surface area contributed by atoms with Gasteiger partial charge in [0.2, 0.25) is 11.8 Å². The normalized spacial score (nSPS) is 29.8. The molecule has 2 atom stereocenters. The van der Waals surface area contributed by atoms with E-state index in [1.807, 2.05) is 12.2 Å². The monoisotopic (exact) mass is 178 g/mol. The predicted octanol–water partition coefficient (Wildman–Crippen LogP) is -0.541. The van der Waals surface area contributed by atoms with Crippen LogP contribution in [0.15, 0.2) is 23.3 Å². The molecule has 2 unspecified atom stereocenters. The van der Waals surface area contributed by atoms with E-state index in [9.17, 15) is 9.59 Å². The highest BCUT2D eigenvalue weighted by molar-refractivity contribution is 6.06. The minimum atomic E-state index is -0.523. The number of carbonyl (C=O) groups excluding carboxylic acids is 2. The van der Waals surface area contributed by atoms with Gasteiger partial charge in [-0.25, -0.2) is 0 Å². The number of rotatable bonds is 2. The van der Waals surface area contributed by atoms with Gasteiger partial charge >= 0.3 is 0 Å². The molecular weight excluding hydrogens is 168 g/mol. The van der Waals surface area contributed by atoms with Gasteiger partial charge in [0.1, 0.15) is 0 Å². The molecule has 0 aromatic carbocycles. The molecule has 2 aliphatic rings. The van der Waals surface area contributed by atoms with Gasteiger partial charge in [-0.05, 0) is 6.42 Å². The van der Waals surface area contributed by atoms with Gasteiger partial charge in [-0.2, -0.15) is 0 Å². The molecule has 0 aromatic rings. The Morgan fingerprint density at radius 1 is 1.08 bits per heavy atom. The number of allylic oxidation sites excluding steroid dienone is 2. The number of hydrogen-bond donors (Lipinski definition) is 2. The van der Waals surface area contributed by atoms with Gasteiger partial charge in [-0.3, -0.25) is 9.59 Å². The largest absolute Gasteiger partial charge is 0.366 e. The number of hydrogen-bond acceptors (Lipinski definition) is 2. The highest BCUT2D eigenvalue weighted by Crippen LogP contribution is 2.43. The number of amides is 2. The fraction of sp³-hybridized carbons (Fsp3) is 0.333. The van der Waals surface area contributed by atoms with Crippen LogP contribution in [0.2, 0.25) is 0 Å². The molecule has 68 valence electrons. The maximum absolute atomic E-state index is 11.0. The van der Waals surface area contributed by atoms with Crippen molar-refractivity contribution in [2.75, 3.05) is 0 Å². The fourth-order valence-electron chi connectivity index (χ4n) is 2.16. The summed E-state index contributed by atoms with van der Waals surface area (Å²) >= 11 is 0. The third kappa shape index (κ3) is 0.983. The first kappa shape index (κ1) is 8.04. The van der Waals surface area contributed by atoms with E-state index in [0.29, 0.717) is 11.1 Å². The SMILES string of the molecule is NC(=O)C1=C(C(N)=O)C2C=CC1C2. The Morgan fingerprint density at radius 3 is 1.77 bits per heavy atom. The Bertz CT molecular complexity index is 323. The first-order chi connectivity index (χ1) is 6.11. The Labute approximate surface area is 75.3 Å². The minimum Gasteiger partial charge on any atom is -0.366 e. The molecule has 0 aromatic heterocycles. The second kappa shape index (κ2) is 2.45. The van der Waals surface area contributed by atoms with Crippen molar-refractivity contribution in [3.63, 3.8) is 0 Å². The third-order valence-corrected chi connectivity index (χ3v) is 2.65. The highest BCUT2D eigenvalue weighted by Gasteiger charge is 2.39. The Hall–Kier alpha value is -1.58. The van der Waals surface area contributed by atoms with Crippen molar-refractivity contribution in [2.24, 2.45) is 23.3 Å². The van der Waals surface area contributed by atoms with E-state index in [1.54, 1.807) is 0 Å². The lowest BCUT2D eigenvalue weighted by molar-refractivity contribution is -0.117. The minimum absolute atomic E-state index is 0.0185. The Morgan fingerprint density at radius 2 is 1.46 bits per heavy atom. The van der Waals surface area contributed by atoms with Gasteiger partial charge in [0.25, 0.3) is 0 Å². The molecule has 0 fully saturated rings. The zero-order valence-electron chi connectivity index (χ0n) is 6.99. The molecule has 0 saturated heterocycles. The first-order valence-electron chi connectivity index (χ1n) is 4.13.